The van der Waals surface area contributed by atoms with Crippen LogP contribution in [0.5, 0.6) is 0 Å². The van der Waals surface area contributed by atoms with Crippen LogP contribution in [0.25, 0.3) is 17.0 Å². The maximum Gasteiger partial charge on any atom is 0.326 e. The first kappa shape index (κ1) is 15.9. The molecule has 0 aliphatic carbocycles. The average Bonchev–Trinajstić information content (AvgIpc) is 3.02. The largest absolute Gasteiger partial charge is 0.480 e. The smallest absolute Gasteiger partial charge is 0.326 e. The Balaban J connectivity index is 1.91. The van der Waals surface area contributed by atoms with Crippen LogP contribution in [0.1, 0.15) is 26.2 Å². The van der Waals surface area contributed by atoms with Crippen LogP contribution in [0, 0.1) is 0 Å². The Morgan fingerprint density at radius 1 is 1.21 bits per heavy atom. The van der Waals surface area contributed by atoms with Crippen LogP contribution in [0.4, 0.5) is 5.82 Å². The molecule has 2 N–H and O–H groups in total. The van der Waals surface area contributed by atoms with E-state index in [4.69, 9.17) is 0 Å². The van der Waals surface area contributed by atoms with Crippen molar-refractivity contribution in [2.45, 2.75) is 32.2 Å². The minimum Gasteiger partial charge on any atom is -0.480 e. The summed E-state index contributed by atoms with van der Waals surface area (Å²) < 4.78 is 1.62. The molecule has 24 heavy (non-hydrogen) atoms. The van der Waals surface area contributed by atoms with Gasteiger partial charge in [0.05, 0.1) is 0 Å². The van der Waals surface area contributed by atoms with Crippen LogP contribution in [0.2, 0.25) is 0 Å². The van der Waals surface area contributed by atoms with Gasteiger partial charge in [-0.05, 0) is 18.6 Å². The zero-order chi connectivity index (χ0) is 16.9. The second-order valence-corrected chi connectivity index (χ2v) is 5.56. The number of carboxylic acid groups (broad SMARTS) is 1. The zero-order valence-corrected chi connectivity index (χ0v) is 13.4. The number of nitrogens with zero attached hydrogens (tertiary/aromatic N) is 4. The van der Waals surface area contributed by atoms with Gasteiger partial charge in [0.25, 0.3) is 0 Å². The van der Waals surface area contributed by atoms with Crippen molar-refractivity contribution < 1.29 is 9.90 Å². The summed E-state index contributed by atoms with van der Waals surface area (Å²) in [5.41, 5.74) is 1.51. The first-order valence-corrected chi connectivity index (χ1v) is 7.96. The van der Waals surface area contributed by atoms with E-state index in [0.717, 1.165) is 18.4 Å². The van der Waals surface area contributed by atoms with Gasteiger partial charge in [-0.25, -0.2) is 4.79 Å². The molecular formula is C17H19N5O2. The van der Waals surface area contributed by atoms with Gasteiger partial charge in [-0.2, -0.15) is 4.52 Å². The molecular weight excluding hydrogens is 306 g/mol. The molecule has 2 aromatic heterocycles. The van der Waals surface area contributed by atoms with Crippen molar-refractivity contribution in [3.05, 3.63) is 42.5 Å². The van der Waals surface area contributed by atoms with Crippen molar-refractivity contribution in [3.63, 3.8) is 0 Å². The van der Waals surface area contributed by atoms with Crippen LogP contribution in [0.3, 0.4) is 0 Å². The van der Waals surface area contributed by atoms with Gasteiger partial charge >= 0.3 is 5.97 Å². The molecule has 3 rings (SSSR count). The van der Waals surface area contributed by atoms with Gasteiger partial charge in [0.15, 0.2) is 11.5 Å². The van der Waals surface area contributed by atoms with Crippen molar-refractivity contribution in [2.24, 2.45) is 0 Å². The van der Waals surface area contributed by atoms with E-state index in [1.54, 1.807) is 16.6 Å². The summed E-state index contributed by atoms with van der Waals surface area (Å²) in [6, 6.07) is 12.5. The fraction of sp³-hybridized carbons (Fsp3) is 0.294. The molecule has 0 fully saturated rings. The fourth-order valence-corrected chi connectivity index (χ4v) is 2.48. The highest BCUT2D eigenvalue weighted by Gasteiger charge is 2.18. The van der Waals surface area contributed by atoms with E-state index in [1.165, 1.54) is 0 Å². The third-order valence-corrected chi connectivity index (χ3v) is 3.76. The highest BCUT2D eigenvalue weighted by Crippen LogP contribution is 2.18. The van der Waals surface area contributed by atoms with Gasteiger partial charge in [0, 0.05) is 5.56 Å². The minimum atomic E-state index is -0.877. The lowest BCUT2D eigenvalue weighted by molar-refractivity contribution is -0.138. The molecule has 0 saturated carbocycles. The molecule has 1 unspecified atom stereocenters. The molecule has 7 heteroatoms. The number of fused-ring (bicyclic) bond motifs is 1. The number of rotatable bonds is 7. The Bertz CT molecular complexity index is 831. The third-order valence-electron chi connectivity index (χ3n) is 3.76. The summed E-state index contributed by atoms with van der Waals surface area (Å²) in [6.07, 6.45) is 2.34. The molecule has 3 aromatic rings. The predicted octanol–water partition coefficient (Wildman–Crippen LogP) is 2.85. The molecule has 7 nitrogen and oxygen atoms in total. The highest BCUT2D eigenvalue weighted by molar-refractivity contribution is 5.76. The van der Waals surface area contributed by atoms with Crippen LogP contribution < -0.4 is 5.32 Å². The van der Waals surface area contributed by atoms with E-state index in [0.29, 0.717) is 23.7 Å². The van der Waals surface area contributed by atoms with Crippen molar-refractivity contribution >= 4 is 17.4 Å². The van der Waals surface area contributed by atoms with Crippen LogP contribution in [0.15, 0.2) is 42.5 Å². The quantitative estimate of drug-likeness (QED) is 0.694. The van der Waals surface area contributed by atoms with E-state index in [2.05, 4.69) is 20.6 Å². The standard InChI is InChI=1S/C17H19N5O2/c1-2-3-9-13(17(23)24)18-14-10-11-15-19-20-16(22(15)21-14)12-7-5-4-6-8-12/h4-8,10-11,13H,2-3,9H2,1H3,(H,18,21)(H,23,24). The Hall–Kier alpha value is -2.96. The topological polar surface area (TPSA) is 92.4 Å². The number of carboxylic acids is 1. The van der Waals surface area contributed by atoms with Gasteiger partial charge < -0.3 is 10.4 Å². The molecule has 124 valence electrons. The van der Waals surface area contributed by atoms with Gasteiger partial charge in [0.2, 0.25) is 0 Å². The molecule has 0 aliphatic rings. The molecule has 0 bridgehead atoms. The lowest BCUT2D eigenvalue weighted by atomic mass is 10.1. The Kier molecular flexibility index (Phi) is 4.69. The SMILES string of the molecule is CCCCC(Nc1ccc2nnc(-c3ccccc3)n2n1)C(=O)O. The van der Waals surface area contributed by atoms with E-state index in [-0.39, 0.29) is 0 Å². The number of hydrogen-bond acceptors (Lipinski definition) is 5. The normalized spacial score (nSPS) is 12.2. The number of aromatic nitrogens is 4. The number of hydrogen-bond donors (Lipinski definition) is 2. The van der Waals surface area contributed by atoms with Gasteiger partial charge in [0.1, 0.15) is 11.9 Å². The number of benzene rings is 1. The Morgan fingerprint density at radius 3 is 2.71 bits per heavy atom. The van der Waals surface area contributed by atoms with Gasteiger partial charge in [-0.3, -0.25) is 0 Å². The molecule has 0 aliphatic heterocycles. The van der Waals surface area contributed by atoms with E-state index >= 15 is 0 Å². The highest BCUT2D eigenvalue weighted by atomic mass is 16.4. The van der Waals surface area contributed by atoms with Gasteiger partial charge in [-0.15, -0.1) is 15.3 Å². The molecule has 1 atom stereocenters. The van der Waals surface area contributed by atoms with Gasteiger partial charge in [-0.1, -0.05) is 50.1 Å². The minimum absolute atomic E-state index is 0.489. The molecule has 1 aromatic carbocycles. The lowest BCUT2D eigenvalue weighted by Gasteiger charge is -2.14. The summed E-state index contributed by atoms with van der Waals surface area (Å²) in [6.45, 7) is 2.03. The summed E-state index contributed by atoms with van der Waals surface area (Å²) in [4.78, 5) is 11.4. The second kappa shape index (κ2) is 7.08. The number of aliphatic carboxylic acids is 1. The second-order valence-electron chi connectivity index (χ2n) is 5.56. The number of nitrogens with one attached hydrogen (secondary N) is 1. The van der Waals surface area contributed by atoms with Crippen molar-refractivity contribution in [3.8, 4) is 11.4 Å². The van der Waals surface area contributed by atoms with Crippen molar-refractivity contribution in [1.29, 1.82) is 0 Å². The number of anilines is 1. The maximum absolute atomic E-state index is 11.4. The van der Waals surface area contributed by atoms with Crippen LogP contribution in [-0.4, -0.2) is 36.9 Å². The Labute approximate surface area is 139 Å². The summed E-state index contributed by atoms with van der Waals surface area (Å²) in [7, 11) is 0. The molecule has 0 amide bonds. The Morgan fingerprint density at radius 2 is 2.00 bits per heavy atom. The van der Waals surface area contributed by atoms with Crippen molar-refractivity contribution in [1.82, 2.24) is 19.8 Å². The summed E-state index contributed by atoms with van der Waals surface area (Å²) in [5, 5.41) is 25.1. The van der Waals surface area contributed by atoms with Crippen LogP contribution in [-0.2, 0) is 4.79 Å². The molecule has 0 radical (unpaired) electrons. The van der Waals surface area contributed by atoms with Crippen LogP contribution >= 0.6 is 0 Å². The predicted molar refractivity (Wildman–Crippen MR) is 90.8 cm³/mol. The fourth-order valence-electron chi connectivity index (χ4n) is 2.48. The monoisotopic (exact) mass is 325 g/mol. The maximum atomic E-state index is 11.4. The average molecular weight is 325 g/mol. The van der Waals surface area contributed by atoms with E-state index in [1.807, 2.05) is 37.3 Å². The molecule has 0 spiro atoms. The summed E-state index contributed by atoms with van der Waals surface area (Å²) >= 11 is 0. The first-order valence-electron chi connectivity index (χ1n) is 7.96. The lowest BCUT2D eigenvalue weighted by Crippen LogP contribution is -2.29. The zero-order valence-electron chi connectivity index (χ0n) is 13.4. The molecule has 2 heterocycles. The number of unbranched alkanes of at least 4 members (excludes halogenated alkanes) is 1. The van der Waals surface area contributed by atoms with E-state index in [9.17, 15) is 9.90 Å². The molecule has 0 saturated heterocycles. The van der Waals surface area contributed by atoms with Crippen molar-refractivity contribution in [2.75, 3.05) is 5.32 Å². The third kappa shape index (κ3) is 3.34. The van der Waals surface area contributed by atoms with E-state index < -0.39 is 12.0 Å². The number of carbonyl (C=O) groups is 1. The first-order chi connectivity index (χ1) is 11.7. The summed E-state index contributed by atoms with van der Waals surface area (Å²) in [5.74, 6) is 0.232.